The molecule has 0 amide bonds. The molecule has 1 aliphatic carbocycles. The van der Waals surface area contributed by atoms with Gasteiger partial charge in [-0.2, -0.15) is 5.26 Å². The lowest BCUT2D eigenvalue weighted by molar-refractivity contribution is 0.288. The third-order valence-corrected chi connectivity index (χ3v) is 4.68. The van der Waals surface area contributed by atoms with Gasteiger partial charge in [0, 0.05) is 17.8 Å². The van der Waals surface area contributed by atoms with Crippen LogP contribution in [-0.2, 0) is 6.54 Å². The quantitative estimate of drug-likeness (QED) is 0.835. The molecule has 3 rings (SSSR count). The molecule has 1 saturated carbocycles. The Labute approximate surface area is 111 Å². The van der Waals surface area contributed by atoms with Crippen molar-refractivity contribution in [2.75, 3.05) is 13.6 Å². The second-order valence-corrected chi connectivity index (χ2v) is 6.23. The lowest BCUT2D eigenvalue weighted by atomic mass is 10.1. The Kier molecular flexibility index (Phi) is 2.85. The average molecular weight is 256 g/mol. The van der Waals surface area contributed by atoms with Crippen molar-refractivity contribution in [3.63, 3.8) is 0 Å². The molecular weight excluding hydrogens is 240 g/mol. The summed E-state index contributed by atoms with van der Waals surface area (Å²) in [4.78, 5) is 2.28. The fourth-order valence-electron chi connectivity index (χ4n) is 2.47. The van der Waals surface area contributed by atoms with Crippen LogP contribution in [0.2, 0.25) is 0 Å². The average Bonchev–Trinajstić information content (AvgIpc) is 3.04. The molecule has 0 spiro atoms. The van der Waals surface area contributed by atoms with E-state index in [9.17, 15) is 0 Å². The number of rotatable bonds is 4. The van der Waals surface area contributed by atoms with Gasteiger partial charge in [0.05, 0.1) is 11.5 Å². The summed E-state index contributed by atoms with van der Waals surface area (Å²) in [6, 6.07) is 11.0. The number of hydrogen-bond acceptors (Lipinski definition) is 3. The van der Waals surface area contributed by atoms with E-state index in [0.29, 0.717) is 0 Å². The molecule has 0 saturated heterocycles. The summed E-state index contributed by atoms with van der Waals surface area (Å²) >= 11 is 1.80. The van der Waals surface area contributed by atoms with Gasteiger partial charge in [0.25, 0.3) is 0 Å². The summed E-state index contributed by atoms with van der Waals surface area (Å²) in [7, 11) is 2.11. The molecule has 0 radical (unpaired) electrons. The van der Waals surface area contributed by atoms with Gasteiger partial charge < -0.3 is 4.90 Å². The predicted molar refractivity (Wildman–Crippen MR) is 75.4 cm³/mol. The molecule has 0 bridgehead atoms. The first-order valence-corrected chi connectivity index (χ1v) is 7.15. The maximum Gasteiger partial charge on any atom is 0.0703 e. The lowest BCUT2D eigenvalue weighted by Crippen LogP contribution is -2.25. The smallest absolute Gasteiger partial charge is 0.0703 e. The van der Waals surface area contributed by atoms with Crippen LogP contribution in [0.3, 0.4) is 0 Å². The van der Waals surface area contributed by atoms with E-state index in [1.165, 1.54) is 15.6 Å². The largest absolute Gasteiger partial charge is 0.300 e. The minimum Gasteiger partial charge on any atom is -0.300 e. The van der Waals surface area contributed by atoms with E-state index in [2.05, 4.69) is 47.7 Å². The maximum absolute atomic E-state index is 9.13. The zero-order valence-electron chi connectivity index (χ0n) is 10.5. The normalized spacial score (nSPS) is 16.9. The molecule has 1 fully saturated rings. The first-order valence-electron chi connectivity index (χ1n) is 6.27. The van der Waals surface area contributed by atoms with E-state index in [1.807, 2.05) is 0 Å². The fourth-order valence-corrected chi connectivity index (χ4v) is 3.43. The molecule has 1 aliphatic rings. The van der Waals surface area contributed by atoms with Gasteiger partial charge in [0.1, 0.15) is 0 Å². The van der Waals surface area contributed by atoms with Gasteiger partial charge in [0.2, 0.25) is 0 Å². The van der Waals surface area contributed by atoms with Crippen LogP contribution in [0.5, 0.6) is 0 Å². The lowest BCUT2D eigenvalue weighted by Gasteiger charge is -2.18. The number of thiophene rings is 1. The van der Waals surface area contributed by atoms with Crippen LogP contribution in [0.25, 0.3) is 10.1 Å². The minimum atomic E-state index is -0.0411. The summed E-state index contributed by atoms with van der Waals surface area (Å²) in [6.07, 6.45) is 2.14. The van der Waals surface area contributed by atoms with E-state index in [4.69, 9.17) is 5.26 Å². The zero-order chi connectivity index (χ0) is 12.6. The van der Waals surface area contributed by atoms with Gasteiger partial charge in [-0.15, -0.1) is 11.3 Å². The van der Waals surface area contributed by atoms with Gasteiger partial charge in [-0.25, -0.2) is 0 Å². The van der Waals surface area contributed by atoms with Crippen molar-refractivity contribution in [1.29, 1.82) is 5.26 Å². The maximum atomic E-state index is 9.13. The molecule has 1 heterocycles. The van der Waals surface area contributed by atoms with Crippen LogP contribution >= 0.6 is 11.3 Å². The van der Waals surface area contributed by atoms with E-state index < -0.39 is 0 Å². The molecule has 18 heavy (non-hydrogen) atoms. The van der Waals surface area contributed by atoms with Crippen LogP contribution in [0.15, 0.2) is 29.6 Å². The molecule has 92 valence electrons. The first kappa shape index (κ1) is 11.7. The molecule has 0 aliphatic heterocycles. The molecule has 1 aromatic heterocycles. The van der Waals surface area contributed by atoms with Crippen molar-refractivity contribution in [2.24, 2.45) is 5.41 Å². The Morgan fingerprint density at radius 1 is 1.39 bits per heavy atom. The molecule has 3 heteroatoms. The summed E-state index contributed by atoms with van der Waals surface area (Å²) in [5.74, 6) is 0. The van der Waals surface area contributed by atoms with Crippen molar-refractivity contribution in [1.82, 2.24) is 4.90 Å². The summed E-state index contributed by atoms with van der Waals surface area (Å²) in [5.41, 5.74) is 1.34. The second-order valence-electron chi connectivity index (χ2n) is 5.32. The van der Waals surface area contributed by atoms with E-state index in [1.54, 1.807) is 11.3 Å². The highest BCUT2D eigenvalue weighted by Crippen LogP contribution is 2.45. The van der Waals surface area contributed by atoms with Gasteiger partial charge in [-0.05, 0) is 42.3 Å². The van der Waals surface area contributed by atoms with Crippen LogP contribution in [0, 0.1) is 16.7 Å². The standard InChI is InChI=1S/C15H16N2S/c1-17(11-15(10-16)6-7-15)8-12-9-18-14-5-3-2-4-13(12)14/h2-5,9H,6-8,11H2,1H3. The van der Waals surface area contributed by atoms with E-state index in [-0.39, 0.29) is 5.41 Å². The number of hydrogen-bond donors (Lipinski definition) is 0. The van der Waals surface area contributed by atoms with Crippen molar-refractivity contribution < 1.29 is 0 Å². The monoisotopic (exact) mass is 256 g/mol. The highest BCUT2D eigenvalue weighted by Gasteiger charge is 2.43. The topological polar surface area (TPSA) is 27.0 Å². The second kappa shape index (κ2) is 4.38. The van der Waals surface area contributed by atoms with Gasteiger partial charge in [-0.1, -0.05) is 18.2 Å². The minimum absolute atomic E-state index is 0.0411. The Morgan fingerprint density at radius 3 is 2.89 bits per heavy atom. The van der Waals surface area contributed by atoms with E-state index >= 15 is 0 Å². The number of nitriles is 1. The van der Waals surface area contributed by atoms with Crippen molar-refractivity contribution in [3.8, 4) is 6.07 Å². The third-order valence-electron chi connectivity index (χ3n) is 3.66. The molecular formula is C15H16N2S. The fraction of sp³-hybridized carbons (Fsp3) is 0.400. The van der Waals surface area contributed by atoms with Crippen molar-refractivity contribution in [3.05, 3.63) is 35.2 Å². The number of fused-ring (bicyclic) bond motifs is 1. The van der Waals surface area contributed by atoms with Crippen LogP contribution in [-0.4, -0.2) is 18.5 Å². The summed E-state index contributed by atoms with van der Waals surface area (Å²) < 4.78 is 1.35. The summed E-state index contributed by atoms with van der Waals surface area (Å²) in [5, 5.41) is 12.7. The van der Waals surface area contributed by atoms with Gasteiger partial charge in [-0.3, -0.25) is 0 Å². The van der Waals surface area contributed by atoms with Crippen molar-refractivity contribution >= 4 is 21.4 Å². The van der Waals surface area contributed by atoms with Crippen LogP contribution in [0.1, 0.15) is 18.4 Å². The third kappa shape index (κ3) is 2.14. The molecule has 2 aromatic rings. The molecule has 0 N–H and O–H groups in total. The predicted octanol–water partition coefficient (Wildman–Crippen LogP) is 3.64. The number of nitrogens with zero attached hydrogens (tertiary/aromatic N) is 2. The highest BCUT2D eigenvalue weighted by molar-refractivity contribution is 7.17. The first-order chi connectivity index (χ1) is 8.72. The van der Waals surface area contributed by atoms with Gasteiger partial charge in [0.15, 0.2) is 0 Å². The zero-order valence-corrected chi connectivity index (χ0v) is 11.3. The molecule has 0 atom stereocenters. The van der Waals surface area contributed by atoms with Crippen molar-refractivity contribution in [2.45, 2.75) is 19.4 Å². The summed E-state index contributed by atoms with van der Waals surface area (Å²) in [6.45, 7) is 1.83. The van der Waals surface area contributed by atoms with Crippen LogP contribution in [0.4, 0.5) is 0 Å². The van der Waals surface area contributed by atoms with Gasteiger partial charge >= 0.3 is 0 Å². The van der Waals surface area contributed by atoms with Crippen LogP contribution < -0.4 is 0 Å². The number of benzene rings is 1. The molecule has 1 aromatic carbocycles. The Morgan fingerprint density at radius 2 is 2.17 bits per heavy atom. The Hall–Kier alpha value is -1.37. The highest BCUT2D eigenvalue weighted by atomic mass is 32.1. The Balaban J connectivity index is 1.74. The molecule has 2 nitrogen and oxygen atoms in total. The molecule has 0 unspecified atom stereocenters. The SMILES string of the molecule is CN(Cc1csc2ccccc12)CC1(C#N)CC1. The Bertz CT molecular complexity index is 604. The van der Waals surface area contributed by atoms with E-state index in [0.717, 1.165) is 25.9 Å².